The predicted molar refractivity (Wildman–Crippen MR) is 138 cm³/mol. The molecule has 8 nitrogen and oxygen atoms in total. The summed E-state index contributed by atoms with van der Waals surface area (Å²) in [6.07, 6.45) is 0.604. The second kappa shape index (κ2) is 10.6. The highest BCUT2D eigenvalue weighted by Gasteiger charge is 2.28. The third-order valence-electron chi connectivity index (χ3n) is 6.45. The van der Waals surface area contributed by atoms with Gasteiger partial charge in [0.25, 0.3) is 0 Å². The minimum atomic E-state index is -0.550. The number of nitrogens with zero attached hydrogens (tertiary/aromatic N) is 2. The summed E-state index contributed by atoms with van der Waals surface area (Å²) in [6.45, 7) is 11.2. The number of hydrazine groups is 1. The van der Waals surface area contributed by atoms with Gasteiger partial charge in [0.2, 0.25) is 0 Å². The van der Waals surface area contributed by atoms with Gasteiger partial charge in [0.1, 0.15) is 5.60 Å². The number of anilines is 2. The molecule has 35 heavy (non-hydrogen) atoms. The van der Waals surface area contributed by atoms with Crippen molar-refractivity contribution in [2.45, 2.75) is 65.5 Å². The standard InChI is InChI=1S/C27H38N4O4/c1-7-31(29)23-11-10-21(17(2)25(23)28)22(15-24(32)34-6)19-9-8-18-12-13-30(16-20(18)14-19)26(33)35-27(3,4)5/h8-11,14,22H,7,12-13,15-16,28-29H2,1-6H3. The molecule has 1 aliphatic rings. The topological polar surface area (TPSA) is 111 Å². The van der Waals surface area contributed by atoms with E-state index in [1.165, 1.54) is 12.7 Å². The first-order valence-electron chi connectivity index (χ1n) is 12.0. The van der Waals surface area contributed by atoms with E-state index >= 15 is 0 Å². The highest BCUT2D eigenvalue weighted by Crippen LogP contribution is 2.37. The van der Waals surface area contributed by atoms with Gasteiger partial charge in [0, 0.05) is 25.6 Å². The zero-order valence-corrected chi connectivity index (χ0v) is 21.7. The summed E-state index contributed by atoms with van der Waals surface area (Å²) < 4.78 is 10.6. The number of carbonyl (C=O) groups is 2. The monoisotopic (exact) mass is 482 g/mol. The van der Waals surface area contributed by atoms with Crippen LogP contribution in [0, 0.1) is 6.92 Å². The lowest BCUT2D eigenvalue weighted by Gasteiger charge is -2.32. The Hall–Kier alpha value is -3.26. The lowest BCUT2D eigenvalue weighted by Crippen LogP contribution is -2.39. The number of amides is 1. The second-order valence-electron chi connectivity index (χ2n) is 10.0. The summed E-state index contributed by atoms with van der Waals surface area (Å²) in [4.78, 5) is 26.8. The van der Waals surface area contributed by atoms with Gasteiger partial charge in [-0.15, -0.1) is 0 Å². The molecular weight excluding hydrogens is 444 g/mol. The molecule has 0 fully saturated rings. The minimum absolute atomic E-state index is 0.171. The third kappa shape index (κ3) is 6.06. The Labute approximate surface area is 208 Å². The van der Waals surface area contributed by atoms with E-state index < -0.39 is 5.60 Å². The van der Waals surface area contributed by atoms with E-state index in [9.17, 15) is 9.59 Å². The van der Waals surface area contributed by atoms with Crippen molar-refractivity contribution in [1.29, 1.82) is 0 Å². The summed E-state index contributed by atoms with van der Waals surface area (Å²) >= 11 is 0. The van der Waals surface area contributed by atoms with Gasteiger partial charge >= 0.3 is 12.1 Å². The Balaban J connectivity index is 1.98. The number of benzene rings is 2. The number of rotatable bonds is 6. The number of hydrogen-bond acceptors (Lipinski definition) is 7. The quantitative estimate of drug-likeness (QED) is 0.274. The van der Waals surface area contributed by atoms with E-state index in [2.05, 4.69) is 18.2 Å². The third-order valence-corrected chi connectivity index (χ3v) is 6.45. The molecule has 8 heteroatoms. The van der Waals surface area contributed by atoms with Crippen LogP contribution in [0.2, 0.25) is 0 Å². The first-order valence-corrected chi connectivity index (χ1v) is 12.0. The second-order valence-corrected chi connectivity index (χ2v) is 10.0. The lowest BCUT2D eigenvalue weighted by molar-refractivity contribution is -0.140. The van der Waals surface area contributed by atoms with Gasteiger partial charge in [-0.05, 0) is 74.9 Å². The Bertz CT molecular complexity index is 1090. The lowest BCUT2D eigenvalue weighted by atomic mass is 9.83. The highest BCUT2D eigenvalue weighted by molar-refractivity contribution is 5.75. The van der Waals surface area contributed by atoms with Crippen LogP contribution in [0.1, 0.15) is 67.9 Å². The molecule has 0 radical (unpaired) electrons. The van der Waals surface area contributed by atoms with Gasteiger partial charge in [-0.25, -0.2) is 10.6 Å². The number of esters is 1. The fourth-order valence-electron chi connectivity index (χ4n) is 4.46. The van der Waals surface area contributed by atoms with Gasteiger partial charge in [0.15, 0.2) is 0 Å². The molecule has 1 amide bonds. The van der Waals surface area contributed by atoms with Crippen molar-refractivity contribution in [3.63, 3.8) is 0 Å². The van der Waals surface area contributed by atoms with Crippen LogP contribution in [-0.4, -0.2) is 42.8 Å². The number of fused-ring (bicyclic) bond motifs is 1. The summed E-state index contributed by atoms with van der Waals surface area (Å²) in [6, 6.07) is 10.1. The molecule has 1 aliphatic heterocycles. The number of nitrogens with two attached hydrogens (primary N) is 2. The zero-order valence-electron chi connectivity index (χ0n) is 21.7. The molecule has 1 unspecified atom stereocenters. The Morgan fingerprint density at radius 2 is 1.89 bits per heavy atom. The molecule has 0 saturated heterocycles. The van der Waals surface area contributed by atoms with E-state index in [4.69, 9.17) is 21.1 Å². The van der Waals surface area contributed by atoms with Crippen molar-refractivity contribution in [1.82, 2.24) is 4.90 Å². The molecule has 1 atom stereocenters. The van der Waals surface area contributed by atoms with E-state index in [1.54, 1.807) is 9.91 Å². The first kappa shape index (κ1) is 26.3. The Morgan fingerprint density at radius 3 is 2.51 bits per heavy atom. The summed E-state index contributed by atoms with van der Waals surface area (Å²) in [5.74, 6) is 5.53. The molecular formula is C27H38N4O4. The maximum absolute atomic E-state index is 12.7. The van der Waals surface area contributed by atoms with Crippen LogP contribution in [-0.2, 0) is 27.2 Å². The molecule has 190 valence electrons. The van der Waals surface area contributed by atoms with Crippen LogP contribution < -0.4 is 16.6 Å². The number of nitrogen functional groups attached to an aromatic ring is 1. The largest absolute Gasteiger partial charge is 0.469 e. The van der Waals surface area contributed by atoms with Crippen molar-refractivity contribution in [2.75, 3.05) is 30.9 Å². The molecule has 2 aromatic carbocycles. The van der Waals surface area contributed by atoms with E-state index in [0.717, 1.165) is 34.4 Å². The predicted octanol–water partition coefficient (Wildman–Crippen LogP) is 4.27. The fourth-order valence-corrected chi connectivity index (χ4v) is 4.46. The number of ether oxygens (including phenoxy) is 2. The minimum Gasteiger partial charge on any atom is -0.469 e. The Kier molecular flexibility index (Phi) is 7.95. The summed E-state index contributed by atoms with van der Waals surface area (Å²) in [7, 11) is 1.39. The number of carbonyl (C=O) groups excluding carboxylic acids is 2. The van der Waals surface area contributed by atoms with Crippen molar-refractivity contribution in [2.24, 2.45) is 5.84 Å². The summed E-state index contributed by atoms with van der Waals surface area (Å²) in [5, 5.41) is 1.60. The molecule has 0 spiro atoms. The Morgan fingerprint density at radius 1 is 1.17 bits per heavy atom. The summed E-state index contributed by atoms with van der Waals surface area (Å²) in [5.41, 5.74) is 12.3. The average Bonchev–Trinajstić information content (AvgIpc) is 2.82. The van der Waals surface area contributed by atoms with Crippen molar-refractivity contribution in [3.05, 3.63) is 58.1 Å². The van der Waals surface area contributed by atoms with Crippen LogP contribution >= 0.6 is 0 Å². The van der Waals surface area contributed by atoms with Crippen molar-refractivity contribution >= 4 is 23.4 Å². The molecule has 0 bridgehead atoms. The smallest absolute Gasteiger partial charge is 0.410 e. The van der Waals surface area contributed by atoms with Crippen LogP contribution in [0.15, 0.2) is 30.3 Å². The maximum atomic E-state index is 12.7. The van der Waals surface area contributed by atoms with E-state index in [-0.39, 0.29) is 24.4 Å². The average molecular weight is 483 g/mol. The SMILES string of the molecule is CCN(N)c1ccc(C(CC(=O)OC)c2ccc3c(c2)CN(C(=O)OC(C)(C)C)CC3)c(C)c1N. The normalized spacial score (nSPS) is 14.2. The molecule has 3 rings (SSSR count). The fraction of sp³-hybridized carbons (Fsp3) is 0.481. The maximum Gasteiger partial charge on any atom is 0.410 e. The number of hydrogen-bond donors (Lipinski definition) is 2. The molecule has 1 heterocycles. The number of methoxy groups -OCH3 is 1. The van der Waals surface area contributed by atoms with Gasteiger partial charge in [-0.2, -0.15) is 0 Å². The van der Waals surface area contributed by atoms with Gasteiger partial charge < -0.3 is 25.1 Å². The molecule has 0 aliphatic carbocycles. The van der Waals surface area contributed by atoms with Crippen LogP contribution in [0.25, 0.3) is 0 Å². The van der Waals surface area contributed by atoms with Gasteiger partial charge in [0.05, 0.1) is 24.9 Å². The first-order chi connectivity index (χ1) is 16.4. The van der Waals surface area contributed by atoms with Gasteiger partial charge in [-0.3, -0.25) is 4.79 Å². The molecule has 4 N–H and O–H groups in total. The van der Waals surface area contributed by atoms with E-state index in [0.29, 0.717) is 25.3 Å². The zero-order chi connectivity index (χ0) is 25.9. The van der Waals surface area contributed by atoms with Crippen LogP contribution in [0.3, 0.4) is 0 Å². The van der Waals surface area contributed by atoms with Crippen molar-refractivity contribution < 1.29 is 19.1 Å². The molecule has 0 aromatic heterocycles. The van der Waals surface area contributed by atoms with Crippen molar-refractivity contribution in [3.8, 4) is 0 Å². The molecule has 2 aromatic rings. The van der Waals surface area contributed by atoms with Crippen LogP contribution in [0.5, 0.6) is 0 Å². The molecule has 0 saturated carbocycles. The van der Waals surface area contributed by atoms with Gasteiger partial charge in [-0.1, -0.05) is 24.3 Å². The highest BCUT2D eigenvalue weighted by atomic mass is 16.6. The van der Waals surface area contributed by atoms with E-state index in [1.807, 2.05) is 46.8 Å². The van der Waals surface area contributed by atoms with Crippen LogP contribution in [0.4, 0.5) is 16.2 Å².